The highest BCUT2D eigenvalue weighted by Gasteiger charge is 2.03. The number of nitrogens with one attached hydrogen (secondary N) is 1. The minimum Gasteiger partial charge on any atom is -0.379 e. The predicted molar refractivity (Wildman–Crippen MR) is 69.6 cm³/mol. The molecule has 0 aliphatic carbocycles. The molecule has 0 fully saturated rings. The molecule has 0 aromatic heterocycles. The summed E-state index contributed by atoms with van der Waals surface area (Å²) in [6, 6.07) is 14.3. The quantitative estimate of drug-likeness (QED) is 0.889. The van der Waals surface area contributed by atoms with Gasteiger partial charge in [-0.05, 0) is 36.2 Å². The summed E-state index contributed by atoms with van der Waals surface area (Å²) in [6.45, 7) is 2.58. The molecule has 0 heterocycles. The summed E-state index contributed by atoms with van der Waals surface area (Å²) in [4.78, 5) is 0. The average molecular weight is 240 g/mol. The van der Waals surface area contributed by atoms with E-state index in [1.807, 2.05) is 37.3 Å². The van der Waals surface area contributed by atoms with Gasteiger partial charge in [0.15, 0.2) is 0 Å². The Morgan fingerprint density at radius 3 is 2.67 bits per heavy atom. The summed E-state index contributed by atoms with van der Waals surface area (Å²) in [5, 5.41) is 11.7. The van der Waals surface area contributed by atoms with Crippen LogP contribution < -0.4 is 5.32 Å². The highest BCUT2D eigenvalue weighted by atomic mass is 19.1. The Bertz CT molecular complexity index is 600. The molecule has 0 atom stereocenters. The number of rotatable bonds is 3. The van der Waals surface area contributed by atoms with E-state index in [0.29, 0.717) is 17.8 Å². The monoisotopic (exact) mass is 240 g/mol. The van der Waals surface area contributed by atoms with Crippen molar-refractivity contribution in [1.82, 2.24) is 0 Å². The molecule has 0 saturated carbocycles. The SMILES string of the molecule is Cc1ccccc1CNc1ccc(C#N)cc1F. The normalized spacial score (nSPS) is 9.83. The van der Waals surface area contributed by atoms with E-state index in [4.69, 9.17) is 5.26 Å². The van der Waals surface area contributed by atoms with Crippen LogP contribution in [0.2, 0.25) is 0 Å². The molecule has 2 aromatic rings. The molecule has 90 valence electrons. The summed E-state index contributed by atoms with van der Waals surface area (Å²) in [6.07, 6.45) is 0. The number of hydrogen-bond acceptors (Lipinski definition) is 2. The second-order valence-corrected chi connectivity index (χ2v) is 4.09. The van der Waals surface area contributed by atoms with Crippen LogP contribution in [0.25, 0.3) is 0 Å². The third kappa shape index (κ3) is 2.67. The van der Waals surface area contributed by atoms with Crippen molar-refractivity contribution >= 4 is 5.69 Å². The van der Waals surface area contributed by atoms with E-state index in [2.05, 4.69) is 5.32 Å². The van der Waals surface area contributed by atoms with Gasteiger partial charge in [0, 0.05) is 6.54 Å². The van der Waals surface area contributed by atoms with E-state index in [1.54, 1.807) is 12.1 Å². The molecule has 0 saturated heterocycles. The fraction of sp³-hybridized carbons (Fsp3) is 0.133. The van der Waals surface area contributed by atoms with Gasteiger partial charge in [-0.2, -0.15) is 5.26 Å². The molecular formula is C15H13FN2. The number of nitriles is 1. The maximum atomic E-state index is 13.6. The topological polar surface area (TPSA) is 35.8 Å². The summed E-state index contributed by atoms with van der Waals surface area (Å²) in [5.74, 6) is -0.400. The van der Waals surface area contributed by atoms with Crippen molar-refractivity contribution in [3.8, 4) is 6.07 Å². The lowest BCUT2D eigenvalue weighted by Crippen LogP contribution is -2.03. The first-order valence-electron chi connectivity index (χ1n) is 5.69. The lowest BCUT2D eigenvalue weighted by molar-refractivity contribution is 0.629. The van der Waals surface area contributed by atoms with E-state index in [9.17, 15) is 4.39 Å². The lowest BCUT2D eigenvalue weighted by Gasteiger charge is -2.09. The van der Waals surface area contributed by atoms with Crippen LogP contribution in [0.1, 0.15) is 16.7 Å². The van der Waals surface area contributed by atoms with Crippen LogP contribution in [0.5, 0.6) is 0 Å². The first-order chi connectivity index (χ1) is 8.70. The van der Waals surface area contributed by atoms with Crippen LogP contribution in [0.3, 0.4) is 0 Å². The molecule has 0 amide bonds. The van der Waals surface area contributed by atoms with Gasteiger partial charge < -0.3 is 5.32 Å². The number of benzene rings is 2. The smallest absolute Gasteiger partial charge is 0.147 e. The van der Waals surface area contributed by atoms with E-state index >= 15 is 0 Å². The minimum atomic E-state index is -0.400. The molecule has 3 heteroatoms. The van der Waals surface area contributed by atoms with Gasteiger partial charge in [-0.1, -0.05) is 24.3 Å². The second-order valence-electron chi connectivity index (χ2n) is 4.09. The average Bonchev–Trinajstić information content (AvgIpc) is 2.39. The van der Waals surface area contributed by atoms with Gasteiger partial charge in [0.25, 0.3) is 0 Å². The van der Waals surface area contributed by atoms with Gasteiger partial charge in [-0.15, -0.1) is 0 Å². The van der Waals surface area contributed by atoms with Crippen LogP contribution in [0, 0.1) is 24.1 Å². The first kappa shape index (κ1) is 12.1. The van der Waals surface area contributed by atoms with Crippen LogP contribution >= 0.6 is 0 Å². The van der Waals surface area contributed by atoms with Gasteiger partial charge in [0.2, 0.25) is 0 Å². The summed E-state index contributed by atoms with van der Waals surface area (Å²) in [5.41, 5.74) is 3.03. The van der Waals surface area contributed by atoms with Crippen molar-refractivity contribution in [1.29, 1.82) is 5.26 Å². The van der Waals surface area contributed by atoms with Crippen molar-refractivity contribution in [2.24, 2.45) is 0 Å². The maximum absolute atomic E-state index is 13.6. The Labute approximate surface area is 106 Å². The van der Waals surface area contributed by atoms with E-state index in [-0.39, 0.29) is 0 Å². The van der Waals surface area contributed by atoms with Crippen LogP contribution in [0.15, 0.2) is 42.5 Å². The highest BCUT2D eigenvalue weighted by Crippen LogP contribution is 2.17. The molecule has 0 spiro atoms. The zero-order chi connectivity index (χ0) is 13.0. The van der Waals surface area contributed by atoms with Gasteiger partial charge in [0.05, 0.1) is 17.3 Å². The Morgan fingerprint density at radius 2 is 2.00 bits per heavy atom. The summed E-state index contributed by atoms with van der Waals surface area (Å²) < 4.78 is 13.6. The van der Waals surface area contributed by atoms with Crippen molar-refractivity contribution < 1.29 is 4.39 Å². The van der Waals surface area contributed by atoms with E-state index < -0.39 is 5.82 Å². The van der Waals surface area contributed by atoms with Crippen molar-refractivity contribution in [2.45, 2.75) is 13.5 Å². The largest absolute Gasteiger partial charge is 0.379 e. The zero-order valence-electron chi connectivity index (χ0n) is 10.1. The van der Waals surface area contributed by atoms with Crippen LogP contribution in [0.4, 0.5) is 10.1 Å². The molecule has 1 N–H and O–H groups in total. The third-order valence-corrected chi connectivity index (χ3v) is 2.83. The fourth-order valence-electron chi connectivity index (χ4n) is 1.73. The van der Waals surface area contributed by atoms with E-state index in [0.717, 1.165) is 5.56 Å². The summed E-state index contributed by atoms with van der Waals surface area (Å²) in [7, 11) is 0. The van der Waals surface area contributed by atoms with Gasteiger partial charge in [0.1, 0.15) is 5.82 Å². The standard InChI is InChI=1S/C15H13FN2/c1-11-4-2-3-5-13(11)10-18-15-7-6-12(9-17)8-14(15)16/h2-8,18H,10H2,1H3. The molecule has 2 aromatic carbocycles. The van der Waals surface area contributed by atoms with Crippen molar-refractivity contribution in [3.63, 3.8) is 0 Å². The number of halogens is 1. The summed E-state index contributed by atoms with van der Waals surface area (Å²) >= 11 is 0. The second kappa shape index (κ2) is 5.33. The Morgan fingerprint density at radius 1 is 1.22 bits per heavy atom. The van der Waals surface area contributed by atoms with Crippen LogP contribution in [-0.4, -0.2) is 0 Å². The number of anilines is 1. The number of aryl methyl sites for hydroxylation is 1. The maximum Gasteiger partial charge on any atom is 0.147 e. The number of nitrogens with zero attached hydrogens (tertiary/aromatic N) is 1. The molecule has 0 unspecified atom stereocenters. The molecule has 2 rings (SSSR count). The molecule has 0 radical (unpaired) electrons. The minimum absolute atomic E-state index is 0.328. The Hall–Kier alpha value is -2.34. The Kier molecular flexibility index (Phi) is 3.59. The van der Waals surface area contributed by atoms with E-state index in [1.165, 1.54) is 11.6 Å². The lowest BCUT2D eigenvalue weighted by atomic mass is 10.1. The molecule has 18 heavy (non-hydrogen) atoms. The van der Waals surface area contributed by atoms with Gasteiger partial charge in [-0.3, -0.25) is 0 Å². The molecule has 0 bridgehead atoms. The van der Waals surface area contributed by atoms with Gasteiger partial charge in [-0.25, -0.2) is 4.39 Å². The Balaban J connectivity index is 2.12. The van der Waals surface area contributed by atoms with Crippen molar-refractivity contribution in [3.05, 3.63) is 65.0 Å². The van der Waals surface area contributed by atoms with Crippen LogP contribution in [-0.2, 0) is 6.54 Å². The molecular weight excluding hydrogens is 227 g/mol. The molecule has 2 nitrogen and oxygen atoms in total. The fourth-order valence-corrected chi connectivity index (χ4v) is 1.73. The zero-order valence-corrected chi connectivity index (χ0v) is 10.1. The molecule has 0 aliphatic rings. The predicted octanol–water partition coefficient (Wildman–Crippen LogP) is 3.62. The molecule has 0 aliphatic heterocycles. The van der Waals surface area contributed by atoms with Gasteiger partial charge >= 0.3 is 0 Å². The third-order valence-electron chi connectivity index (χ3n) is 2.83. The number of hydrogen-bond donors (Lipinski definition) is 1. The highest BCUT2D eigenvalue weighted by molar-refractivity contribution is 5.49. The first-order valence-corrected chi connectivity index (χ1v) is 5.69. The van der Waals surface area contributed by atoms with Crippen molar-refractivity contribution in [2.75, 3.05) is 5.32 Å².